The van der Waals surface area contributed by atoms with E-state index in [1.807, 2.05) is 0 Å². The molecule has 1 saturated carbocycles. The minimum Gasteiger partial charge on any atom is -0.450 e. The second kappa shape index (κ2) is 12.2. The summed E-state index contributed by atoms with van der Waals surface area (Å²) in [4.78, 5) is 13.2. The average Bonchev–Trinajstić information content (AvgIpc) is 2.94. The third kappa shape index (κ3) is 6.81. The van der Waals surface area contributed by atoms with Gasteiger partial charge in [-0.1, -0.05) is 0 Å². The molecule has 5 rings (SSSR count). The second-order valence-electron chi connectivity index (χ2n) is 12.2. The standard InChI is InChI=1S/C28H41FN6O5S2/c1-20(2)41(36,37)33-24-14-22(29)6-9-25(24)40-26-15-31-19-32-27(26)35-17-28(18-35)10-12-34(13-11-28)16-21-4-7-23(8-5-21)42(38,39)30-3/h6,9,14-15,19-21,23,30,33H,4-5,7-8,10-13,16-18H2,1-3H3. The molecule has 0 unspecified atom stereocenters. The van der Waals surface area contributed by atoms with Crippen LogP contribution in [0, 0.1) is 17.2 Å². The van der Waals surface area contributed by atoms with Crippen LogP contribution in [0.2, 0.25) is 0 Å². The first-order chi connectivity index (χ1) is 19.9. The van der Waals surface area contributed by atoms with Crippen molar-refractivity contribution in [3.05, 3.63) is 36.5 Å². The second-order valence-corrected chi connectivity index (χ2v) is 16.6. The molecule has 3 aliphatic rings. The molecule has 42 heavy (non-hydrogen) atoms. The Labute approximate surface area is 248 Å². The summed E-state index contributed by atoms with van der Waals surface area (Å²) < 4.78 is 74.2. The van der Waals surface area contributed by atoms with Crippen LogP contribution in [0.3, 0.4) is 0 Å². The number of ether oxygens (including phenoxy) is 1. The molecule has 232 valence electrons. The van der Waals surface area contributed by atoms with Crippen LogP contribution in [0.15, 0.2) is 30.7 Å². The predicted molar refractivity (Wildman–Crippen MR) is 160 cm³/mol. The van der Waals surface area contributed by atoms with Gasteiger partial charge in [0.15, 0.2) is 17.3 Å². The Morgan fingerprint density at radius 2 is 1.76 bits per heavy atom. The van der Waals surface area contributed by atoms with Crippen LogP contribution in [0.25, 0.3) is 0 Å². The van der Waals surface area contributed by atoms with Gasteiger partial charge in [-0.2, -0.15) is 0 Å². The van der Waals surface area contributed by atoms with E-state index in [-0.39, 0.29) is 22.1 Å². The maximum atomic E-state index is 14.0. The van der Waals surface area contributed by atoms with E-state index in [9.17, 15) is 21.2 Å². The molecular weight excluding hydrogens is 583 g/mol. The Morgan fingerprint density at radius 3 is 2.40 bits per heavy atom. The van der Waals surface area contributed by atoms with Crippen LogP contribution in [0.1, 0.15) is 52.4 Å². The Hall–Kier alpha value is -2.55. The van der Waals surface area contributed by atoms with Gasteiger partial charge >= 0.3 is 0 Å². The molecule has 1 aromatic heterocycles. The highest BCUT2D eigenvalue weighted by atomic mass is 32.2. The molecule has 2 aliphatic heterocycles. The molecule has 2 N–H and O–H groups in total. The lowest BCUT2D eigenvalue weighted by molar-refractivity contribution is 0.0628. The minimum atomic E-state index is -3.71. The minimum absolute atomic E-state index is 0.0168. The lowest BCUT2D eigenvalue weighted by Gasteiger charge is -2.54. The summed E-state index contributed by atoms with van der Waals surface area (Å²) in [7, 11) is -5.40. The Bertz CT molecular complexity index is 1470. The van der Waals surface area contributed by atoms with Crippen molar-refractivity contribution in [2.45, 2.75) is 62.9 Å². The average molecular weight is 625 g/mol. The third-order valence-corrected chi connectivity index (χ3v) is 12.7. The van der Waals surface area contributed by atoms with Gasteiger partial charge in [-0.05, 0) is 90.6 Å². The van der Waals surface area contributed by atoms with Crippen LogP contribution in [0.5, 0.6) is 11.5 Å². The molecule has 0 amide bonds. The van der Waals surface area contributed by atoms with Gasteiger partial charge in [0, 0.05) is 31.1 Å². The van der Waals surface area contributed by atoms with Crippen molar-refractivity contribution in [1.29, 1.82) is 0 Å². The van der Waals surface area contributed by atoms with E-state index >= 15 is 0 Å². The summed E-state index contributed by atoms with van der Waals surface area (Å²) in [6.07, 6.45) is 8.51. The molecule has 0 radical (unpaired) electrons. The van der Waals surface area contributed by atoms with Gasteiger partial charge in [-0.25, -0.2) is 35.9 Å². The first kappa shape index (κ1) is 30.9. The zero-order valence-corrected chi connectivity index (χ0v) is 26.1. The number of hydrogen-bond acceptors (Lipinski definition) is 9. The molecule has 3 fully saturated rings. The summed E-state index contributed by atoms with van der Waals surface area (Å²) in [6, 6.07) is 3.71. The maximum Gasteiger partial charge on any atom is 0.235 e. The molecule has 0 atom stereocenters. The van der Waals surface area contributed by atoms with Crippen molar-refractivity contribution in [3.8, 4) is 11.5 Å². The van der Waals surface area contributed by atoms with E-state index in [4.69, 9.17) is 4.74 Å². The van der Waals surface area contributed by atoms with Crippen molar-refractivity contribution < 1.29 is 26.0 Å². The van der Waals surface area contributed by atoms with Gasteiger partial charge < -0.3 is 14.5 Å². The highest BCUT2D eigenvalue weighted by Gasteiger charge is 2.46. The number of nitrogens with one attached hydrogen (secondary N) is 2. The lowest BCUT2D eigenvalue weighted by atomic mass is 9.71. The lowest BCUT2D eigenvalue weighted by Crippen LogP contribution is -2.61. The largest absolute Gasteiger partial charge is 0.450 e. The molecule has 2 saturated heterocycles. The Kier molecular flexibility index (Phi) is 8.98. The van der Waals surface area contributed by atoms with Crippen molar-refractivity contribution >= 4 is 31.6 Å². The smallest absolute Gasteiger partial charge is 0.235 e. The monoisotopic (exact) mass is 624 g/mol. The normalized spacial score (nSPS) is 23.1. The highest BCUT2D eigenvalue weighted by Crippen LogP contribution is 2.45. The Balaban J connectivity index is 1.17. The quantitative estimate of drug-likeness (QED) is 0.407. The first-order valence-electron chi connectivity index (χ1n) is 14.6. The molecule has 14 heteroatoms. The number of halogens is 1. The molecule has 2 aromatic rings. The van der Waals surface area contributed by atoms with E-state index in [0.717, 1.165) is 77.3 Å². The number of nitrogens with zero attached hydrogens (tertiary/aromatic N) is 4. The summed E-state index contributed by atoms with van der Waals surface area (Å²) in [6.45, 7) is 7.81. The number of benzene rings is 1. The van der Waals surface area contributed by atoms with Crippen molar-refractivity contribution in [3.63, 3.8) is 0 Å². The van der Waals surface area contributed by atoms with Gasteiger partial charge in [0.25, 0.3) is 0 Å². The van der Waals surface area contributed by atoms with Gasteiger partial charge in [-0.15, -0.1) is 0 Å². The summed E-state index contributed by atoms with van der Waals surface area (Å²) in [5.74, 6) is 1.12. The van der Waals surface area contributed by atoms with Crippen LogP contribution in [-0.4, -0.2) is 82.0 Å². The van der Waals surface area contributed by atoms with E-state index in [1.54, 1.807) is 13.8 Å². The van der Waals surface area contributed by atoms with Gasteiger partial charge in [0.2, 0.25) is 20.0 Å². The SMILES string of the molecule is CNS(=O)(=O)C1CCC(CN2CCC3(CC2)CN(c2ncncc2Oc2ccc(F)cc2NS(=O)(=O)C(C)C)C3)CC1. The number of sulfonamides is 2. The maximum absolute atomic E-state index is 14.0. The molecule has 1 aliphatic carbocycles. The fourth-order valence-electron chi connectivity index (χ4n) is 6.28. The molecule has 11 nitrogen and oxygen atoms in total. The number of rotatable bonds is 10. The number of likely N-dealkylation sites (tertiary alicyclic amines) is 1. The predicted octanol–water partition coefficient (Wildman–Crippen LogP) is 3.57. The summed E-state index contributed by atoms with van der Waals surface area (Å²) >= 11 is 0. The number of anilines is 2. The topological polar surface area (TPSA) is 134 Å². The molecule has 3 heterocycles. The fourth-order valence-corrected chi connectivity index (χ4v) is 8.20. The van der Waals surface area contributed by atoms with Crippen LogP contribution in [0.4, 0.5) is 15.9 Å². The van der Waals surface area contributed by atoms with Crippen LogP contribution in [-0.2, 0) is 20.0 Å². The molecule has 0 bridgehead atoms. The zero-order valence-electron chi connectivity index (χ0n) is 24.4. The number of aromatic nitrogens is 2. The van der Waals surface area contributed by atoms with Crippen LogP contribution < -0.4 is 19.1 Å². The number of hydrogen-bond donors (Lipinski definition) is 2. The summed E-state index contributed by atoms with van der Waals surface area (Å²) in [5, 5.41) is -0.968. The van der Waals surface area contributed by atoms with Gasteiger partial charge in [0.05, 0.1) is 22.4 Å². The zero-order chi connectivity index (χ0) is 30.1. The van der Waals surface area contributed by atoms with Crippen molar-refractivity contribution in [2.24, 2.45) is 11.3 Å². The van der Waals surface area contributed by atoms with E-state index < -0.39 is 31.1 Å². The molecular formula is C28H41FN6O5S2. The third-order valence-electron chi connectivity index (χ3n) is 9.00. The van der Waals surface area contributed by atoms with Crippen LogP contribution >= 0.6 is 0 Å². The summed E-state index contributed by atoms with van der Waals surface area (Å²) in [5.41, 5.74) is 0.216. The van der Waals surface area contributed by atoms with E-state index in [2.05, 4.69) is 29.2 Å². The first-order valence-corrected chi connectivity index (χ1v) is 17.7. The van der Waals surface area contributed by atoms with Crippen molar-refractivity contribution in [1.82, 2.24) is 19.6 Å². The van der Waals surface area contributed by atoms with E-state index in [1.165, 1.54) is 31.7 Å². The van der Waals surface area contributed by atoms with E-state index in [0.29, 0.717) is 17.5 Å². The van der Waals surface area contributed by atoms with Gasteiger partial charge in [0.1, 0.15) is 12.1 Å². The number of piperidine rings is 1. The highest BCUT2D eigenvalue weighted by molar-refractivity contribution is 7.93. The van der Waals surface area contributed by atoms with Gasteiger partial charge in [-0.3, -0.25) is 4.72 Å². The Morgan fingerprint density at radius 1 is 1.07 bits per heavy atom. The fraction of sp³-hybridized carbons (Fsp3) is 0.643. The molecule has 1 aromatic carbocycles. The molecule has 1 spiro atoms. The van der Waals surface area contributed by atoms with Crippen molar-refractivity contribution in [2.75, 3.05) is 49.4 Å².